The molecule has 20 heavy (non-hydrogen) atoms. The van der Waals surface area contributed by atoms with Crippen LogP contribution in [0.2, 0.25) is 0 Å². The number of likely N-dealkylation sites (N-methyl/N-ethyl adjacent to an activating group) is 1. The van der Waals surface area contributed by atoms with Crippen molar-refractivity contribution in [3.8, 4) is 5.75 Å². The predicted molar refractivity (Wildman–Crippen MR) is 79.0 cm³/mol. The first-order valence-electron chi connectivity index (χ1n) is 6.50. The molecule has 0 aliphatic carbocycles. The van der Waals surface area contributed by atoms with Crippen LogP contribution in [0, 0.1) is 0 Å². The fourth-order valence-corrected chi connectivity index (χ4v) is 2.37. The number of nitrogens with two attached hydrogens (primary N) is 1. The minimum Gasteiger partial charge on any atom is -0.482 e. The molecular formula is C16H16N2O2. The lowest BCUT2D eigenvalue weighted by atomic mass is 10.0. The molecule has 0 fully saturated rings. The molecular weight excluding hydrogens is 252 g/mol. The van der Waals surface area contributed by atoms with Crippen molar-refractivity contribution >= 4 is 17.3 Å². The number of nitrogens with zero attached hydrogens (tertiary/aromatic N) is 1. The molecule has 0 unspecified atom stereocenters. The van der Waals surface area contributed by atoms with Gasteiger partial charge in [-0.15, -0.1) is 0 Å². The van der Waals surface area contributed by atoms with Crippen molar-refractivity contribution in [3.63, 3.8) is 0 Å². The van der Waals surface area contributed by atoms with Gasteiger partial charge in [-0.25, -0.2) is 0 Å². The standard InChI is InChI=1S/C16H16N2O2/c1-18-14-9-12(5-6-15(14)20-10-16(18)19)7-11-3-2-4-13(17)8-11/h2-6,8-9H,7,10,17H2,1H3. The van der Waals surface area contributed by atoms with E-state index in [4.69, 9.17) is 10.5 Å². The van der Waals surface area contributed by atoms with Gasteiger partial charge in [0.15, 0.2) is 6.61 Å². The molecule has 2 aromatic carbocycles. The average molecular weight is 268 g/mol. The number of benzene rings is 2. The summed E-state index contributed by atoms with van der Waals surface area (Å²) >= 11 is 0. The highest BCUT2D eigenvalue weighted by molar-refractivity contribution is 5.97. The fraction of sp³-hybridized carbons (Fsp3) is 0.188. The van der Waals surface area contributed by atoms with Gasteiger partial charge in [0.1, 0.15) is 5.75 Å². The molecule has 0 spiro atoms. The van der Waals surface area contributed by atoms with Gasteiger partial charge in [-0.3, -0.25) is 4.79 Å². The summed E-state index contributed by atoms with van der Waals surface area (Å²) in [5.74, 6) is 0.724. The molecule has 1 aliphatic rings. The lowest BCUT2D eigenvalue weighted by Gasteiger charge is -2.26. The quantitative estimate of drug-likeness (QED) is 0.850. The van der Waals surface area contributed by atoms with Crippen LogP contribution in [0.4, 0.5) is 11.4 Å². The van der Waals surface area contributed by atoms with Gasteiger partial charge >= 0.3 is 0 Å². The molecule has 1 amide bonds. The van der Waals surface area contributed by atoms with Crippen molar-refractivity contribution in [2.75, 3.05) is 24.3 Å². The van der Waals surface area contributed by atoms with E-state index in [1.807, 2.05) is 42.5 Å². The highest BCUT2D eigenvalue weighted by Crippen LogP contribution is 2.32. The zero-order valence-electron chi connectivity index (χ0n) is 11.3. The Morgan fingerprint density at radius 2 is 2.00 bits per heavy atom. The summed E-state index contributed by atoms with van der Waals surface area (Å²) < 4.78 is 5.42. The summed E-state index contributed by atoms with van der Waals surface area (Å²) in [6.45, 7) is 0.109. The molecule has 0 saturated heterocycles. The van der Waals surface area contributed by atoms with Gasteiger partial charge in [-0.05, 0) is 41.8 Å². The average Bonchev–Trinajstić information content (AvgIpc) is 2.43. The van der Waals surface area contributed by atoms with Gasteiger partial charge < -0.3 is 15.4 Å². The van der Waals surface area contributed by atoms with Crippen molar-refractivity contribution in [1.82, 2.24) is 0 Å². The Kier molecular flexibility index (Phi) is 3.06. The van der Waals surface area contributed by atoms with Crippen molar-refractivity contribution in [3.05, 3.63) is 53.6 Å². The largest absolute Gasteiger partial charge is 0.482 e. The molecule has 102 valence electrons. The Balaban J connectivity index is 1.90. The van der Waals surface area contributed by atoms with Crippen molar-refractivity contribution in [2.45, 2.75) is 6.42 Å². The van der Waals surface area contributed by atoms with Crippen LogP contribution in [-0.4, -0.2) is 19.6 Å². The maximum Gasteiger partial charge on any atom is 0.264 e. The lowest BCUT2D eigenvalue weighted by molar-refractivity contribution is -0.120. The molecule has 0 atom stereocenters. The first-order chi connectivity index (χ1) is 9.63. The van der Waals surface area contributed by atoms with Crippen LogP contribution in [0.25, 0.3) is 0 Å². The first kappa shape index (κ1) is 12.5. The third-order valence-electron chi connectivity index (χ3n) is 3.47. The fourth-order valence-electron chi connectivity index (χ4n) is 2.37. The molecule has 0 aromatic heterocycles. The normalized spacial score (nSPS) is 13.8. The van der Waals surface area contributed by atoms with Gasteiger partial charge in [0, 0.05) is 12.7 Å². The van der Waals surface area contributed by atoms with Crippen LogP contribution in [0.15, 0.2) is 42.5 Å². The predicted octanol–water partition coefficient (Wildman–Crippen LogP) is 2.21. The number of hydrogen-bond donors (Lipinski definition) is 1. The number of anilines is 2. The van der Waals surface area contributed by atoms with E-state index >= 15 is 0 Å². The molecule has 0 radical (unpaired) electrons. The van der Waals surface area contributed by atoms with Crippen molar-refractivity contribution < 1.29 is 9.53 Å². The Morgan fingerprint density at radius 1 is 1.20 bits per heavy atom. The summed E-state index contributed by atoms with van der Waals surface area (Å²) in [5.41, 5.74) is 9.65. The Morgan fingerprint density at radius 3 is 2.80 bits per heavy atom. The van der Waals surface area contributed by atoms with E-state index in [0.29, 0.717) is 0 Å². The van der Waals surface area contributed by atoms with Crippen LogP contribution in [-0.2, 0) is 11.2 Å². The molecule has 0 saturated carbocycles. The number of fused-ring (bicyclic) bond motifs is 1. The van der Waals surface area contributed by atoms with Crippen LogP contribution in [0.3, 0.4) is 0 Å². The van der Waals surface area contributed by atoms with E-state index in [2.05, 4.69) is 0 Å². The highest BCUT2D eigenvalue weighted by Gasteiger charge is 2.22. The molecule has 4 heteroatoms. The minimum atomic E-state index is -0.0291. The highest BCUT2D eigenvalue weighted by atomic mass is 16.5. The number of hydrogen-bond acceptors (Lipinski definition) is 3. The van der Waals surface area contributed by atoms with Gasteiger partial charge in [0.2, 0.25) is 0 Å². The van der Waals surface area contributed by atoms with E-state index in [0.717, 1.165) is 34.7 Å². The number of rotatable bonds is 2. The molecule has 2 N–H and O–H groups in total. The summed E-state index contributed by atoms with van der Waals surface area (Å²) in [4.78, 5) is 13.3. The van der Waals surface area contributed by atoms with E-state index in [9.17, 15) is 4.79 Å². The summed E-state index contributed by atoms with van der Waals surface area (Å²) in [5, 5.41) is 0. The number of carbonyl (C=O) groups is 1. The topological polar surface area (TPSA) is 55.6 Å². The molecule has 1 heterocycles. The first-order valence-corrected chi connectivity index (χ1v) is 6.50. The van der Waals surface area contributed by atoms with Gasteiger partial charge in [-0.2, -0.15) is 0 Å². The minimum absolute atomic E-state index is 0.0291. The second-order valence-electron chi connectivity index (χ2n) is 4.97. The van der Waals surface area contributed by atoms with Crippen LogP contribution in [0.5, 0.6) is 5.75 Å². The van der Waals surface area contributed by atoms with Crippen LogP contribution >= 0.6 is 0 Å². The second kappa shape index (κ2) is 4.89. The van der Waals surface area contributed by atoms with Crippen molar-refractivity contribution in [1.29, 1.82) is 0 Å². The Hall–Kier alpha value is -2.49. The van der Waals surface area contributed by atoms with Crippen LogP contribution < -0.4 is 15.4 Å². The number of amides is 1. The summed E-state index contributed by atoms with van der Waals surface area (Å²) in [6.07, 6.45) is 0.778. The zero-order valence-corrected chi connectivity index (χ0v) is 11.3. The van der Waals surface area contributed by atoms with Gasteiger partial charge in [0.05, 0.1) is 5.69 Å². The van der Waals surface area contributed by atoms with Crippen molar-refractivity contribution in [2.24, 2.45) is 0 Å². The van der Waals surface area contributed by atoms with Gasteiger partial charge in [-0.1, -0.05) is 18.2 Å². The molecule has 2 aromatic rings. The molecule has 4 nitrogen and oxygen atoms in total. The number of carbonyl (C=O) groups excluding carboxylic acids is 1. The Bertz CT molecular complexity index is 667. The number of nitrogen functional groups attached to an aromatic ring is 1. The second-order valence-corrected chi connectivity index (χ2v) is 4.97. The van der Waals surface area contributed by atoms with Gasteiger partial charge in [0.25, 0.3) is 5.91 Å². The molecule has 3 rings (SSSR count). The summed E-state index contributed by atoms with van der Waals surface area (Å²) in [7, 11) is 1.77. The maximum absolute atomic E-state index is 11.7. The Labute approximate surface area is 117 Å². The SMILES string of the molecule is CN1C(=O)COc2ccc(Cc3cccc(N)c3)cc21. The maximum atomic E-state index is 11.7. The monoisotopic (exact) mass is 268 g/mol. The van der Waals surface area contributed by atoms with Crippen LogP contribution in [0.1, 0.15) is 11.1 Å². The number of ether oxygens (including phenoxy) is 1. The lowest BCUT2D eigenvalue weighted by Crippen LogP contribution is -2.35. The van der Waals surface area contributed by atoms with E-state index in [-0.39, 0.29) is 12.5 Å². The van der Waals surface area contributed by atoms with E-state index in [1.165, 1.54) is 0 Å². The summed E-state index contributed by atoms with van der Waals surface area (Å²) in [6, 6.07) is 13.8. The van der Waals surface area contributed by atoms with E-state index in [1.54, 1.807) is 11.9 Å². The molecule has 1 aliphatic heterocycles. The third kappa shape index (κ3) is 2.32. The molecule has 0 bridgehead atoms. The zero-order chi connectivity index (χ0) is 14.1. The van der Waals surface area contributed by atoms with E-state index < -0.39 is 0 Å². The smallest absolute Gasteiger partial charge is 0.264 e. The third-order valence-corrected chi connectivity index (χ3v) is 3.47.